The molecule has 74 valence electrons. The van der Waals surface area contributed by atoms with Gasteiger partial charge in [0.15, 0.2) is 0 Å². The Morgan fingerprint density at radius 3 is 2.50 bits per heavy atom. The molecule has 3 heteroatoms. The number of carbonyl (C=O) groups excluding carboxylic acids is 1. The van der Waals surface area contributed by atoms with Gasteiger partial charge in [-0.25, -0.2) is 0 Å². The van der Waals surface area contributed by atoms with Gasteiger partial charge in [0.1, 0.15) is 0 Å². The molecule has 2 rings (SSSR count). The highest BCUT2D eigenvalue weighted by Gasteiger charge is 2.31. The van der Waals surface area contributed by atoms with E-state index in [1.807, 2.05) is 31.2 Å². The first-order chi connectivity index (χ1) is 6.68. The van der Waals surface area contributed by atoms with Crippen LogP contribution in [0.3, 0.4) is 0 Å². The standard InChI is InChI=1S/C11H12ClNO/c1-7-10(6-13-11(7)14)8-2-4-9(12)5-3-8/h2-5,7,10H,6H2,1H3,(H,13,14)/t7-,10+/m0/s1. The quantitative estimate of drug-likeness (QED) is 0.755. The molecule has 1 aromatic rings. The number of amides is 1. The number of benzene rings is 1. The molecule has 1 N–H and O–H groups in total. The van der Waals surface area contributed by atoms with Gasteiger partial charge in [-0.2, -0.15) is 0 Å². The van der Waals surface area contributed by atoms with E-state index >= 15 is 0 Å². The summed E-state index contributed by atoms with van der Waals surface area (Å²) in [5.74, 6) is 0.501. The lowest BCUT2D eigenvalue weighted by Crippen LogP contribution is -2.16. The molecule has 0 spiro atoms. The van der Waals surface area contributed by atoms with Crippen LogP contribution in [0.1, 0.15) is 18.4 Å². The Kier molecular flexibility index (Phi) is 2.46. The minimum absolute atomic E-state index is 0.0659. The molecule has 1 aliphatic heterocycles. The van der Waals surface area contributed by atoms with Crippen LogP contribution in [-0.4, -0.2) is 12.5 Å². The lowest BCUT2D eigenvalue weighted by molar-refractivity contribution is -0.122. The molecule has 1 saturated heterocycles. The highest BCUT2D eigenvalue weighted by molar-refractivity contribution is 6.30. The highest BCUT2D eigenvalue weighted by atomic mass is 35.5. The Morgan fingerprint density at radius 1 is 1.36 bits per heavy atom. The van der Waals surface area contributed by atoms with Crippen molar-refractivity contribution in [3.8, 4) is 0 Å². The molecular formula is C11H12ClNO. The van der Waals surface area contributed by atoms with E-state index in [0.717, 1.165) is 11.6 Å². The lowest BCUT2D eigenvalue weighted by atomic mass is 9.90. The Morgan fingerprint density at radius 2 is 2.00 bits per heavy atom. The summed E-state index contributed by atoms with van der Waals surface area (Å²) >= 11 is 5.80. The molecule has 1 aromatic carbocycles. The Labute approximate surface area is 88.3 Å². The number of hydrogen-bond acceptors (Lipinski definition) is 1. The Balaban J connectivity index is 2.23. The van der Waals surface area contributed by atoms with Crippen molar-refractivity contribution in [1.82, 2.24) is 5.32 Å². The molecule has 0 aliphatic carbocycles. The van der Waals surface area contributed by atoms with E-state index in [2.05, 4.69) is 5.32 Å². The predicted molar refractivity (Wildman–Crippen MR) is 56.4 cm³/mol. The van der Waals surface area contributed by atoms with Gasteiger partial charge >= 0.3 is 0 Å². The molecule has 0 radical (unpaired) electrons. The van der Waals surface area contributed by atoms with Crippen LogP contribution in [0.15, 0.2) is 24.3 Å². The van der Waals surface area contributed by atoms with Gasteiger partial charge in [0.05, 0.1) is 0 Å². The maximum absolute atomic E-state index is 11.3. The topological polar surface area (TPSA) is 29.1 Å². The van der Waals surface area contributed by atoms with Crippen molar-refractivity contribution in [1.29, 1.82) is 0 Å². The number of nitrogens with one attached hydrogen (secondary N) is 1. The third kappa shape index (κ3) is 1.62. The van der Waals surface area contributed by atoms with Gasteiger partial charge < -0.3 is 5.32 Å². The summed E-state index contributed by atoms with van der Waals surface area (Å²) in [5, 5.41) is 3.60. The molecule has 1 aliphatic rings. The first-order valence-electron chi connectivity index (χ1n) is 4.71. The fourth-order valence-corrected chi connectivity index (χ4v) is 1.97. The maximum atomic E-state index is 11.3. The molecule has 2 nitrogen and oxygen atoms in total. The van der Waals surface area contributed by atoms with Crippen molar-refractivity contribution in [2.24, 2.45) is 5.92 Å². The first-order valence-corrected chi connectivity index (χ1v) is 5.09. The van der Waals surface area contributed by atoms with Crippen molar-refractivity contribution < 1.29 is 4.79 Å². The molecule has 14 heavy (non-hydrogen) atoms. The summed E-state index contributed by atoms with van der Waals surface area (Å²) in [6.07, 6.45) is 0. The second kappa shape index (κ2) is 3.62. The summed E-state index contributed by atoms with van der Waals surface area (Å²) < 4.78 is 0. The van der Waals surface area contributed by atoms with E-state index in [4.69, 9.17) is 11.6 Å². The molecule has 0 unspecified atom stereocenters. The number of halogens is 1. The van der Waals surface area contributed by atoms with Crippen LogP contribution in [0.4, 0.5) is 0 Å². The molecule has 1 heterocycles. The minimum Gasteiger partial charge on any atom is -0.355 e. The average Bonchev–Trinajstić information content (AvgIpc) is 2.50. The van der Waals surface area contributed by atoms with Gasteiger partial charge in [-0.05, 0) is 17.7 Å². The monoisotopic (exact) mass is 209 g/mol. The molecule has 1 amide bonds. The van der Waals surface area contributed by atoms with E-state index in [-0.39, 0.29) is 11.8 Å². The molecule has 0 bridgehead atoms. The molecule has 1 fully saturated rings. The molecule has 0 aromatic heterocycles. The third-order valence-electron chi connectivity index (χ3n) is 2.81. The van der Waals surface area contributed by atoms with Crippen molar-refractivity contribution in [3.63, 3.8) is 0 Å². The summed E-state index contributed by atoms with van der Waals surface area (Å²) in [5.41, 5.74) is 1.18. The summed E-state index contributed by atoms with van der Waals surface area (Å²) in [6, 6.07) is 7.71. The van der Waals surface area contributed by atoms with Crippen LogP contribution in [0.5, 0.6) is 0 Å². The van der Waals surface area contributed by atoms with Crippen LogP contribution in [-0.2, 0) is 4.79 Å². The van der Waals surface area contributed by atoms with Crippen LogP contribution < -0.4 is 5.32 Å². The normalized spacial score (nSPS) is 26.3. The van der Waals surface area contributed by atoms with Crippen LogP contribution in [0.2, 0.25) is 5.02 Å². The SMILES string of the molecule is C[C@@H]1C(=O)NC[C@H]1c1ccc(Cl)cc1. The van der Waals surface area contributed by atoms with Crippen molar-refractivity contribution in [3.05, 3.63) is 34.9 Å². The molecule has 2 atom stereocenters. The van der Waals surface area contributed by atoms with Gasteiger partial charge in [0.25, 0.3) is 0 Å². The number of hydrogen-bond donors (Lipinski definition) is 1. The Hall–Kier alpha value is -1.02. The Bertz CT molecular complexity index is 347. The van der Waals surface area contributed by atoms with Gasteiger partial charge in [-0.15, -0.1) is 0 Å². The minimum atomic E-state index is 0.0659. The van der Waals surface area contributed by atoms with Crippen molar-refractivity contribution in [2.45, 2.75) is 12.8 Å². The van der Waals surface area contributed by atoms with Gasteiger partial charge in [0.2, 0.25) is 5.91 Å². The lowest BCUT2D eigenvalue weighted by Gasteiger charge is -2.12. The van der Waals surface area contributed by atoms with Crippen molar-refractivity contribution >= 4 is 17.5 Å². The second-order valence-electron chi connectivity index (χ2n) is 3.69. The fraction of sp³-hybridized carbons (Fsp3) is 0.364. The van der Waals surface area contributed by atoms with Crippen LogP contribution in [0, 0.1) is 5.92 Å². The zero-order chi connectivity index (χ0) is 10.1. The van der Waals surface area contributed by atoms with Crippen LogP contribution in [0.25, 0.3) is 0 Å². The molecule has 0 saturated carbocycles. The number of rotatable bonds is 1. The molecular weight excluding hydrogens is 198 g/mol. The van der Waals surface area contributed by atoms with E-state index in [1.165, 1.54) is 5.56 Å². The summed E-state index contributed by atoms with van der Waals surface area (Å²) in [6.45, 7) is 2.70. The first kappa shape index (κ1) is 9.53. The van der Waals surface area contributed by atoms with E-state index in [9.17, 15) is 4.79 Å². The van der Waals surface area contributed by atoms with Crippen LogP contribution >= 0.6 is 11.6 Å². The highest BCUT2D eigenvalue weighted by Crippen LogP contribution is 2.28. The number of carbonyl (C=O) groups is 1. The average molecular weight is 210 g/mol. The second-order valence-corrected chi connectivity index (χ2v) is 4.13. The summed E-state index contributed by atoms with van der Waals surface area (Å²) in [7, 11) is 0. The van der Waals surface area contributed by atoms with Gasteiger partial charge in [-0.3, -0.25) is 4.79 Å². The largest absolute Gasteiger partial charge is 0.355 e. The van der Waals surface area contributed by atoms with E-state index in [0.29, 0.717) is 5.92 Å². The predicted octanol–water partition coefficient (Wildman–Crippen LogP) is 2.19. The van der Waals surface area contributed by atoms with E-state index in [1.54, 1.807) is 0 Å². The summed E-state index contributed by atoms with van der Waals surface area (Å²) in [4.78, 5) is 11.3. The van der Waals surface area contributed by atoms with Crippen molar-refractivity contribution in [2.75, 3.05) is 6.54 Å². The maximum Gasteiger partial charge on any atom is 0.223 e. The zero-order valence-corrected chi connectivity index (χ0v) is 8.71. The zero-order valence-electron chi connectivity index (χ0n) is 7.96. The van der Waals surface area contributed by atoms with E-state index < -0.39 is 0 Å². The smallest absolute Gasteiger partial charge is 0.223 e. The van der Waals surface area contributed by atoms with Gasteiger partial charge in [0, 0.05) is 23.4 Å². The third-order valence-corrected chi connectivity index (χ3v) is 3.06. The fourth-order valence-electron chi connectivity index (χ4n) is 1.85. The van der Waals surface area contributed by atoms with Gasteiger partial charge in [-0.1, -0.05) is 30.7 Å².